The monoisotopic (exact) mass is 537 g/mol. The van der Waals surface area contributed by atoms with Gasteiger partial charge in [0.05, 0.1) is 11.4 Å². The smallest absolute Gasteiger partial charge is 0.0717 e. The minimum atomic E-state index is 0.851. The summed E-state index contributed by atoms with van der Waals surface area (Å²) in [6.07, 6.45) is 1.67. The molecule has 0 N–H and O–H groups in total. The molecule has 26 heavy (non-hydrogen) atoms. The number of hydrogen-bond donors (Lipinski definition) is 0. The Kier molecular flexibility index (Phi) is 6.71. The minimum absolute atomic E-state index is 0.851. The third-order valence-electron chi connectivity index (χ3n) is 3.88. The van der Waals surface area contributed by atoms with Gasteiger partial charge in [0.1, 0.15) is 0 Å². The summed E-state index contributed by atoms with van der Waals surface area (Å²) in [7, 11) is 4.61. The molecule has 0 atom stereocenters. The van der Waals surface area contributed by atoms with Crippen LogP contribution in [0.2, 0.25) is 0 Å². The fourth-order valence-corrected chi connectivity index (χ4v) is 2.69. The van der Waals surface area contributed by atoms with Gasteiger partial charge in [-0.1, -0.05) is 66.9 Å². The Labute approximate surface area is 168 Å². The first-order chi connectivity index (χ1) is 12.9. The van der Waals surface area contributed by atoms with E-state index in [2.05, 4.69) is 56.9 Å². The molecule has 2 aromatic heterocycles. The number of rotatable bonds is 3. The van der Waals surface area contributed by atoms with Crippen LogP contribution in [-0.2, 0) is 18.8 Å². The van der Waals surface area contributed by atoms with Crippen LogP contribution in [0.3, 0.4) is 0 Å². The van der Waals surface area contributed by atoms with Crippen LogP contribution < -0.4 is 0 Å². The van der Waals surface area contributed by atoms with Crippen molar-refractivity contribution in [3.63, 3.8) is 0 Å². The van der Waals surface area contributed by atoms with Gasteiger partial charge in [-0.05, 0) is 23.3 Å². The molecular weight excluding hydrogens is 523 g/mol. The Bertz CT molecular complexity index is 806. The molecule has 2 heterocycles. The molecule has 4 rings (SSSR count). The van der Waals surface area contributed by atoms with Gasteiger partial charge in [0.2, 0.25) is 0 Å². The third-order valence-corrected chi connectivity index (χ3v) is 3.88. The Morgan fingerprint density at radius 2 is 1.27 bits per heavy atom. The largest absolute Gasteiger partial charge is 0.294 e. The summed E-state index contributed by atoms with van der Waals surface area (Å²) >= 11 is 1.61. The van der Waals surface area contributed by atoms with Gasteiger partial charge in [-0.2, -0.15) is 6.07 Å². The maximum atomic E-state index is 4.82. The molecule has 2 nitrogen and oxygen atoms in total. The van der Waals surface area contributed by atoms with Gasteiger partial charge < -0.3 is 0 Å². The van der Waals surface area contributed by atoms with Crippen molar-refractivity contribution in [1.82, 2.24) is 9.97 Å². The number of hydrogen-bond acceptors (Lipinski definition) is 2. The maximum Gasteiger partial charge on any atom is 0.0717 e. The zero-order valence-electron chi connectivity index (χ0n) is 13.7. The summed E-state index contributed by atoms with van der Waals surface area (Å²) in [6.45, 7) is 0. The topological polar surface area (TPSA) is 25.8 Å². The van der Waals surface area contributed by atoms with Gasteiger partial charge in [-0.15, -0.1) is 0 Å². The number of halogens is 1. The minimum Gasteiger partial charge on any atom is -0.294 e. The van der Waals surface area contributed by atoms with Gasteiger partial charge in [0, 0.05) is 11.3 Å². The van der Waals surface area contributed by atoms with E-state index in [4.69, 9.17) is 4.98 Å². The predicted molar refractivity (Wildman–Crippen MR) is 103 cm³/mol. The van der Waals surface area contributed by atoms with Gasteiger partial charge in [0.25, 0.3) is 0 Å². The van der Waals surface area contributed by atoms with Gasteiger partial charge in [-0.25, -0.2) is 17.1 Å². The second-order valence-electron chi connectivity index (χ2n) is 5.50. The molecule has 0 bridgehead atoms. The first kappa shape index (κ1) is 18.5. The molecule has 0 saturated carbocycles. The van der Waals surface area contributed by atoms with Crippen molar-refractivity contribution < 1.29 is 18.8 Å². The van der Waals surface area contributed by atoms with Crippen LogP contribution in [0.5, 0.6) is 0 Å². The molecule has 0 spiro atoms. The quantitative estimate of drug-likeness (QED) is 0.301. The van der Waals surface area contributed by atoms with Crippen molar-refractivity contribution in [2.45, 2.75) is 0 Å². The summed E-state index contributed by atoms with van der Waals surface area (Å²) in [5, 5.41) is 0. The molecule has 0 amide bonds. The predicted octanol–water partition coefficient (Wildman–Crippen LogP) is 5.96. The molecule has 0 aliphatic heterocycles. The van der Waals surface area contributed by atoms with E-state index in [0.717, 1.165) is 28.2 Å². The van der Waals surface area contributed by atoms with E-state index in [1.165, 1.54) is 5.56 Å². The van der Waals surface area contributed by atoms with Crippen molar-refractivity contribution >= 4 is 9.42 Å². The van der Waals surface area contributed by atoms with Crippen LogP contribution in [-0.4, -0.2) is 9.97 Å². The maximum absolute atomic E-state index is 4.82. The second kappa shape index (κ2) is 9.43. The average molecular weight is 538 g/mol. The van der Waals surface area contributed by atoms with Crippen LogP contribution in [0.15, 0.2) is 91.1 Å². The van der Waals surface area contributed by atoms with Gasteiger partial charge in [-0.3, -0.25) is 4.98 Å². The van der Waals surface area contributed by atoms with Gasteiger partial charge >= 0.3 is 28.2 Å². The van der Waals surface area contributed by atoms with Crippen LogP contribution in [0.4, 0.5) is 0 Å². The average Bonchev–Trinajstić information content (AvgIpc) is 2.77. The van der Waals surface area contributed by atoms with Crippen molar-refractivity contribution in [3.05, 3.63) is 97.2 Å². The molecule has 0 aliphatic carbocycles. The number of aromatic nitrogens is 2. The summed E-state index contributed by atoms with van der Waals surface area (Å²) in [4.78, 5) is 9.22. The zero-order valence-corrected chi connectivity index (χ0v) is 16.8. The third kappa shape index (κ3) is 4.46. The summed E-state index contributed by atoms with van der Waals surface area (Å²) in [5.41, 5.74) is 6.06. The molecule has 0 saturated heterocycles. The van der Waals surface area contributed by atoms with E-state index < -0.39 is 0 Å². The van der Waals surface area contributed by atoms with E-state index in [1.54, 1.807) is 25.0 Å². The van der Waals surface area contributed by atoms with E-state index in [-0.39, 0.29) is 0 Å². The number of nitrogens with zero attached hydrogens (tertiary/aromatic N) is 2. The van der Waals surface area contributed by atoms with Crippen LogP contribution in [0.1, 0.15) is 0 Å². The van der Waals surface area contributed by atoms with E-state index >= 15 is 0 Å². The van der Waals surface area contributed by atoms with Crippen LogP contribution >= 0.6 is 9.42 Å². The van der Waals surface area contributed by atoms with Gasteiger partial charge in [0.15, 0.2) is 0 Å². The van der Waals surface area contributed by atoms with Crippen LogP contribution in [0.25, 0.3) is 33.8 Å². The molecule has 2 aromatic carbocycles. The van der Waals surface area contributed by atoms with Crippen LogP contribution in [0, 0.1) is 6.07 Å². The Balaban J connectivity index is 0.000000948. The first-order valence-electron chi connectivity index (χ1n) is 7.97. The van der Waals surface area contributed by atoms with E-state index in [9.17, 15) is 0 Å². The fourth-order valence-electron chi connectivity index (χ4n) is 2.69. The second-order valence-corrected chi connectivity index (χ2v) is 5.50. The molecule has 130 valence electrons. The van der Waals surface area contributed by atoms with E-state index in [0.29, 0.717) is 0 Å². The Hall–Kier alpha value is -2.28. The summed E-state index contributed by atoms with van der Waals surface area (Å²) in [6, 6.07) is 31.5. The molecule has 4 heteroatoms. The standard InChI is InChI=1S/C22H15N2.ClH.Pt/c1-3-9-17(10-4-1)19-15-21(18-11-5-2-6-12-18)24-22(16-19)20-13-7-8-14-23-20;;/h1-7,9-16H;1H;/q-1;;+2/p-1. The van der Waals surface area contributed by atoms with Crippen molar-refractivity contribution in [2.75, 3.05) is 0 Å². The molecule has 4 aromatic rings. The van der Waals surface area contributed by atoms with Crippen molar-refractivity contribution in [3.8, 4) is 33.8 Å². The molecule has 0 fully saturated rings. The zero-order chi connectivity index (χ0) is 18.2. The first-order valence-corrected chi connectivity index (χ1v) is 10.8. The molecule has 0 aliphatic rings. The summed E-state index contributed by atoms with van der Waals surface area (Å²) < 4.78 is 0. The SMILES string of the molecule is [Cl][Pt+].[c-]1ccc(-c2cc(-c3ccccc3)cc(-c3ccccc3)n2)nc1. The van der Waals surface area contributed by atoms with E-state index in [1.807, 2.05) is 48.5 Å². The molecule has 0 radical (unpaired) electrons. The normalized spacial score (nSPS) is 9.96. The number of pyridine rings is 2. The number of benzene rings is 2. The fraction of sp³-hybridized carbons (Fsp3) is 0. The molecular formula is C22H15ClN2Pt. The van der Waals surface area contributed by atoms with Crippen molar-refractivity contribution in [2.24, 2.45) is 0 Å². The Morgan fingerprint density at radius 3 is 1.88 bits per heavy atom. The Morgan fingerprint density at radius 1 is 0.654 bits per heavy atom. The summed E-state index contributed by atoms with van der Waals surface area (Å²) in [5.74, 6) is 0. The molecule has 0 unspecified atom stereocenters. The van der Waals surface area contributed by atoms with Crippen molar-refractivity contribution in [1.29, 1.82) is 0 Å².